The zero-order valence-electron chi connectivity index (χ0n) is 11.2. The van der Waals surface area contributed by atoms with Crippen molar-refractivity contribution in [2.24, 2.45) is 0 Å². The number of nitrogens with two attached hydrogens (primary N) is 1. The lowest BCUT2D eigenvalue weighted by molar-refractivity contribution is 0.0730. The molecule has 0 saturated heterocycles. The van der Waals surface area contributed by atoms with Gasteiger partial charge in [0.1, 0.15) is 4.34 Å². The Hall–Kier alpha value is -1.23. The minimum atomic E-state index is -0.0620. The van der Waals surface area contributed by atoms with Crippen molar-refractivity contribution in [2.45, 2.75) is 25.4 Å². The molecule has 0 atom stereocenters. The maximum absolute atomic E-state index is 12.7. The van der Waals surface area contributed by atoms with Gasteiger partial charge in [-0.05, 0) is 36.6 Å². The second-order valence-electron chi connectivity index (χ2n) is 5.15. The van der Waals surface area contributed by atoms with Crippen LogP contribution in [0.5, 0.6) is 0 Å². The number of anilines is 1. The second kappa shape index (κ2) is 5.87. The first-order valence-corrected chi connectivity index (χ1v) is 8.22. The molecule has 1 aromatic heterocycles. The number of benzene rings is 1. The van der Waals surface area contributed by atoms with Crippen molar-refractivity contribution < 1.29 is 4.79 Å². The van der Waals surface area contributed by atoms with Gasteiger partial charge in [0, 0.05) is 18.3 Å². The zero-order valence-corrected chi connectivity index (χ0v) is 13.5. The van der Waals surface area contributed by atoms with Crippen LogP contribution in [-0.4, -0.2) is 16.8 Å². The number of hydrogen-bond acceptors (Lipinski definition) is 3. The number of nitrogens with zero attached hydrogens (tertiary/aromatic N) is 1. The molecule has 21 heavy (non-hydrogen) atoms. The lowest BCUT2D eigenvalue weighted by atomic mass is 10.1. The Morgan fingerprint density at radius 1 is 1.33 bits per heavy atom. The van der Waals surface area contributed by atoms with Gasteiger partial charge in [0.2, 0.25) is 0 Å². The van der Waals surface area contributed by atoms with Crippen LogP contribution in [0.25, 0.3) is 0 Å². The molecule has 3 rings (SSSR count). The highest BCUT2D eigenvalue weighted by atomic mass is 35.5. The third-order valence-electron chi connectivity index (χ3n) is 3.44. The minimum Gasteiger partial charge on any atom is -0.399 e. The lowest BCUT2D eigenvalue weighted by Gasteiger charge is -2.22. The van der Waals surface area contributed by atoms with E-state index in [1.54, 1.807) is 6.07 Å². The van der Waals surface area contributed by atoms with Crippen molar-refractivity contribution in [3.8, 4) is 0 Å². The molecular formula is C15H14Cl2N2OS. The van der Waals surface area contributed by atoms with Gasteiger partial charge in [0.15, 0.2) is 0 Å². The maximum atomic E-state index is 12.7. The van der Waals surface area contributed by atoms with Crippen LogP contribution in [-0.2, 0) is 6.54 Å². The zero-order chi connectivity index (χ0) is 15.0. The summed E-state index contributed by atoms with van der Waals surface area (Å²) >= 11 is 13.3. The van der Waals surface area contributed by atoms with Crippen molar-refractivity contribution in [3.63, 3.8) is 0 Å². The Morgan fingerprint density at radius 2 is 2.10 bits per heavy atom. The minimum absolute atomic E-state index is 0.0620. The molecule has 1 aliphatic rings. The van der Waals surface area contributed by atoms with Gasteiger partial charge in [-0.15, -0.1) is 11.3 Å². The first kappa shape index (κ1) is 14.7. The third kappa shape index (κ3) is 3.34. The fourth-order valence-electron chi connectivity index (χ4n) is 2.28. The molecule has 2 aromatic rings. The molecule has 1 saturated carbocycles. The molecule has 1 aliphatic carbocycles. The number of halogens is 2. The number of thiophene rings is 1. The van der Waals surface area contributed by atoms with E-state index in [2.05, 4.69) is 0 Å². The van der Waals surface area contributed by atoms with Crippen LogP contribution >= 0.6 is 34.5 Å². The van der Waals surface area contributed by atoms with Crippen LogP contribution in [0.15, 0.2) is 30.3 Å². The molecular weight excluding hydrogens is 327 g/mol. The monoisotopic (exact) mass is 340 g/mol. The Labute approximate surface area is 137 Å². The second-order valence-corrected chi connectivity index (χ2v) is 7.43. The van der Waals surface area contributed by atoms with Gasteiger partial charge in [0.25, 0.3) is 5.91 Å². The number of carbonyl (C=O) groups is 1. The number of nitrogen functional groups attached to an aromatic ring is 1. The van der Waals surface area contributed by atoms with E-state index in [0.29, 0.717) is 26.5 Å². The van der Waals surface area contributed by atoms with Gasteiger partial charge in [-0.2, -0.15) is 0 Å². The fourth-order valence-corrected chi connectivity index (χ4v) is 3.73. The van der Waals surface area contributed by atoms with Crippen molar-refractivity contribution in [1.82, 2.24) is 4.90 Å². The van der Waals surface area contributed by atoms with Crippen molar-refractivity contribution in [2.75, 3.05) is 5.73 Å². The summed E-state index contributed by atoms with van der Waals surface area (Å²) in [6.07, 6.45) is 2.06. The number of hydrogen-bond donors (Lipinski definition) is 1. The predicted octanol–water partition coefficient (Wildman–Crippen LogP) is 4.44. The van der Waals surface area contributed by atoms with Crippen LogP contribution in [0.4, 0.5) is 5.69 Å². The molecule has 0 spiro atoms. The molecule has 0 radical (unpaired) electrons. The van der Waals surface area contributed by atoms with Crippen molar-refractivity contribution in [1.29, 1.82) is 0 Å². The summed E-state index contributed by atoms with van der Waals surface area (Å²) in [5, 5.41) is 0. The summed E-state index contributed by atoms with van der Waals surface area (Å²) in [5.74, 6) is -0.0620. The van der Waals surface area contributed by atoms with Gasteiger partial charge in [-0.25, -0.2) is 0 Å². The molecule has 0 aliphatic heterocycles. The van der Waals surface area contributed by atoms with E-state index >= 15 is 0 Å². The van der Waals surface area contributed by atoms with E-state index in [-0.39, 0.29) is 11.9 Å². The molecule has 6 heteroatoms. The smallest absolute Gasteiger partial charge is 0.256 e. The van der Waals surface area contributed by atoms with Crippen LogP contribution in [0.1, 0.15) is 28.8 Å². The Bertz CT molecular complexity index is 682. The Morgan fingerprint density at radius 3 is 2.67 bits per heavy atom. The van der Waals surface area contributed by atoms with Gasteiger partial charge in [-0.3, -0.25) is 4.79 Å². The van der Waals surface area contributed by atoms with Crippen molar-refractivity contribution >= 4 is 46.1 Å². The first-order chi connectivity index (χ1) is 10.0. The molecule has 2 N–H and O–H groups in total. The highest BCUT2D eigenvalue weighted by Crippen LogP contribution is 2.35. The fraction of sp³-hybridized carbons (Fsp3) is 0.267. The number of carbonyl (C=O) groups excluding carboxylic acids is 1. The third-order valence-corrected chi connectivity index (χ3v) is 4.93. The largest absolute Gasteiger partial charge is 0.399 e. The summed E-state index contributed by atoms with van der Waals surface area (Å²) in [6, 6.07) is 9.53. The highest BCUT2D eigenvalue weighted by Gasteiger charge is 2.34. The van der Waals surface area contributed by atoms with Gasteiger partial charge < -0.3 is 10.6 Å². The molecule has 1 aromatic carbocycles. The van der Waals surface area contributed by atoms with Gasteiger partial charge in [-0.1, -0.05) is 35.3 Å². The van der Waals surface area contributed by atoms with Crippen LogP contribution in [0.2, 0.25) is 8.67 Å². The van der Waals surface area contributed by atoms with E-state index < -0.39 is 0 Å². The van der Waals surface area contributed by atoms with Crippen molar-refractivity contribution in [3.05, 3.63) is 50.1 Å². The average molecular weight is 341 g/mol. The van der Waals surface area contributed by atoms with Crippen LogP contribution in [0.3, 0.4) is 0 Å². The molecule has 1 fully saturated rings. The molecule has 110 valence electrons. The Balaban J connectivity index is 1.85. The quantitative estimate of drug-likeness (QED) is 0.836. The normalized spacial score (nSPS) is 14.2. The molecule has 1 heterocycles. The van der Waals surface area contributed by atoms with Crippen LogP contribution < -0.4 is 5.73 Å². The van der Waals surface area contributed by atoms with E-state index in [9.17, 15) is 4.79 Å². The summed E-state index contributed by atoms with van der Waals surface area (Å²) in [7, 11) is 0. The SMILES string of the molecule is Nc1cccc(CN(C(=O)c2cc(Cl)sc2Cl)C2CC2)c1. The van der Waals surface area contributed by atoms with E-state index in [1.807, 2.05) is 29.2 Å². The average Bonchev–Trinajstić information content (AvgIpc) is 3.21. The lowest BCUT2D eigenvalue weighted by Crippen LogP contribution is -2.32. The maximum Gasteiger partial charge on any atom is 0.256 e. The van der Waals surface area contributed by atoms with Gasteiger partial charge >= 0.3 is 0 Å². The first-order valence-electron chi connectivity index (χ1n) is 6.65. The van der Waals surface area contributed by atoms with E-state index in [1.165, 1.54) is 11.3 Å². The summed E-state index contributed by atoms with van der Waals surface area (Å²) in [4.78, 5) is 14.6. The summed E-state index contributed by atoms with van der Waals surface area (Å²) in [5.41, 5.74) is 8.01. The molecule has 1 amide bonds. The Kier molecular flexibility index (Phi) is 4.11. The van der Waals surface area contributed by atoms with Gasteiger partial charge in [0.05, 0.1) is 9.90 Å². The van der Waals surface area contributed by atoms with Crippen LogP contribution in [0, 0.1) is 0 Å². The highest BCUT2D eigenvalue weighted by molar-refractivity contribution is 7.20. The summed E-state index contributed by atoms with van der Waals surface area (Å²) < 4.78 is 0.978. The topological polar surface area (TPSA) is 46.3 Å². The van der Waals surface area contributed by atoms with E-state index in [0.717, 1.165) is 18.4 Å². The summed E-state index contributed by atoms with van der Waals surface area (Å²) in [6.45, 7) is 0.540. The molecule has 3 nitrogen and oxygen atoms in total. The number of rotatable bonds is 4. The standard InChI is InChI=1S/C15H14Cl2N2OS/c16-13-7-12(14(17)21-13)15(20)19(11-4-5-11)8-9-2-1-3-10(18)6-9/h1-3,6-7,11H,4-5,8,18H2. The van der Waals surface area contributed by atoms with E-state index in [4.69, 9.17) is 28.9 Å². The molecule has 0 bridgehead atoms. The molecule has 0 unspecified atom stereocenters. The predicted molar refractivity (Wildman–Crippen MR) is 88.1 cm³/mol. The number of amides is 1.